The SMILES string of the molecule is COC(CN(CCO)CCC(O)c1cccc(F)c1F)OC. The van der Waals surface area contributed by atoms with E-state index < -0.39 is 24.0 Å². The number of rotatable bonds is 10. The molecule has 0 spiro atoms. The number of benzene rings is 1. The van der Waals surface area contributed by atoms with Crippen LogP contribution in [0.5, 0.6) is 0 Å². The molecule has 0 aliphatic heterocycles. The quantitative estimate of drug-likeness (QED) is 0.637. The molecule has 22 heavy (non-hydrogen) atoms. The van der Waals surface area contributed by atoms with Crippen LogP contribution < -0.4 is 0 Å². The summed E-state index contributed by atoms with van der Waals surface area (Å²) in [4.78, 5) is 1.82. The van der Waals surface area contributed by atoms with E-state index in [0.29, 0.717) is 19.6 Å². The van der Waals surface area contributed by atoms with Gasteiger partial charge in [0.1, 0.15) is 0 Å². The van der Waals surface area contributed by atoms with E-state index in [1.165, 1.54) is 26.4 Å². The molecule has 0 saturated carbocycles. The minimum absolute atomic E-state index is 0.0649. The highest BCUT2D eigenvalue weighted by Gasteiger charge is 2.18. The summed E-state index contributed by atoms with van der Waals surface area (Å²) >= 11 is 0. The van der Waals surface area contributed by atoms with Gasteiger partial charge in [-0.25, -0.2) is 8.78 Å². The lowest BCUT2D eigenvalue weighted by Gasteiger charge is -2.26. The summed E-state index contributed by atoms with van der Waals surface area (Å²) in [7, 11) is 3.00. The molecule has 0 aliphatic carbocycles. The summed E-state index contributed by atoms with van der Waals surface area (Å²) in [6.45, 7) is 1.07. The van der Waals surface area contributed by atoms with Gasteiger partial charge in [0.05, 0.1) is 12.7 Å². The van der Waals surface area contributed by atoms with Crippen LogP contribution in [-0.4, -0.2) is 61.9 Å². The molecule has 1 atom stereocenters. The Bertz CT molecular complexity index is 444. The largest absolute Gasteiger partial charge is 0.395 e. The molecular weight excluding hydrogens is 296 g/mol. The topological polar surface area (TPSA) is 62.2 Å². The first kappa shape index (κ1) is 18.9. The molecule has 0 saturated heterocycles. The maximum Gasteiger partial charge on any atom is 0.169 e. The van der Waals surface area contributed by atoms with E-state index in [-0.39, 0.29) is 18.6 Å². The number of halogens is 2. The normalized spacial score (nSPS) is 13.1. The van der Waals surface area contributed by atoms with Crippen LogP contribution in [0.25, 0.3) is 0 Å². The van der Waals surface area contributed by atoms with Gasteiger partial charge in [-0.3, -0.25) is 4.90 Å². The first-order valence-electron chi connectivity index (χ1n) is 7.04. The molecular formula is C15H23F2NO4. The van der Waals surface area contributed by atoms with E-state index in [1.54, 1.807) is 0 Å². The molecule has 1 unspecified atom stereocenters. The zero-order chi connectivity index (χ0) is 16.5. The molecule has 0 bridgehead atoms. The molecule has 1 rings (SSSR count). The minimum Gasteiger partial charge on any atom is -0.395 e. The Hall–Kier alpha value is -1.12. The Morgan fingerprint density at radius 1 is 1.18 bits per heavy atom. The predicted molar refractivity (Wildman–Crippen MR) is 77.3 cm³/mol. The average Bonchev–Trinajstić information content (AvgIpc) is 2.52. The number of methoxy groups -OCH3 is 2. The van der Waals surface area contributed by atoms with Gasteiger partial charge in [0.2, 0.25) is 0 Å². The molecule has 0 aromatic heterocycles. The monoisotopic (exact) mass is 319 g/mol. The van der Waals surface area contributed by atoms with Crippen molar-refractivity contribution in [1.82, 2.24) is 4.90 Å². The Labute approximate surface area is 129 Å². The van der Waals surface area contributed by atoms with E-state index in [9.17, 15) is 13.9 Å². The van der Waals surface area contributed by atoms with Gasteiger partial charge in [0.25, 0.3) is 0 Å². The van der Waals surface area contributed by atoms with Crippen LogP contribution in [0.3, 0.4) is 0 Å². The highest BCUT2D eigenvalue weighted by molar-refractivity contribution is 5.21. The number of hydrogen-bond acceptors (Lipinski definition) is 5. The average molecular weight is 319 g/mol. The van der Waals surface area contributed by atoms with Crippen molar-refractivity contribution in [2.75, 3.05) is 40.5 Å². The molecule has 0 amide bonds. The standard InChI is InChI=1S/C15H23F2NO4/c1-21-14(22-2)10-18(8-9-19)7-6-13(20)11-4-3-5-12(16)15(11)17/h3-5,13-14,19-20H,6-10H2,1-2H3. The Balaban J connectivity index is 2.61. The first-order chi connectivity index (χ1) is 10.5. The number of nitrogens with zero attached hydrogens (tertiary/aromatic N) is 1. The van der Waals surface area contributed by atoms with Gasteiger partial charge in [-0.1, -0.05) is 12.1 Å². The van der Waals surface area contributed by atoms with Gasteiger partial charge in [-0.2, -0.15) is 0 Å². The van der Waals surface area contributed by atoms with Gasteiger partial charge >= 0.3 is 0 Å². The van der Waals surface area contributed by atoms with Crippen molar-refractivity contribution >= 4 is 0 Å². The molecule has 1 aromatic carbocycles. The van der Waals surface area contributed by atoms with Crippen molar-refractivity contribution in [1.29, 1.82) is 0 Å². The zero-order valence-electron chi connectivity index (χ0n) is 12.8. The smallest absolute Gasteiger partial charge is 0.169 e. The fourth-order valence-electron chi connectivity index (χ4n) is 2.13. The van der Waals surface area contributed by atoms with Crippen molar-refractivity contribution in [2.45, 2.75) is 18.8 Å². The molecule has 1 aromatic rings. The second kappa shape index (κ2) is 9.81. The molecule has 0 radical (unpaired) electrons. The van der Waals surface area contributed by atoms with Crippen LogP contribution >= 0.6 is 0 Å². The lowest BCUT2D eigenvalue weighted by molar-refractivity contribution is -0.117. The van der Waals surface area contributed by atoms with E-state index >= 15 is 0 Å². The zero-order valence-corrected chi connectivity index (χ0v) is 12.8. The van der Waals surface area contributed by atoms with Crippen LogP contribution in [0, 0.1) is 11.6 Å². The second-order valence-electron chi connectivity index (χ2n) is 4.87. The third kappa shape index (κ3) is 5.58. The summed E-state index contributed by atoms with van der Waals surface area (Å²) in [5.74, 6) is -2.02. The Morgan fingerprint density at radius 2 is 1.86 bits per heavy atom. The lowest BCUT2D eigenvalue weighted by Crippen LogP contribution is -2.37. The van der Waals surface area contributed by atoms with Crippen LogP contribution in [-0.2, 0) is 9.47 Å². The summed E-state index contributed by atoms with van der Waals surface area (Å²) in [5.41, 5.74) is -0.0704. The molecule has 5 nitrogen and oxygen atoms in total. The predicted octanol–water partition coefficient (Wildman–Crippen LogP) is 1.30. The number of hydrogen-bond donors (Lipinski definition) is 2. The summed E-state index contributed by atoms with van der Waals surface area (Å²) in [6.07, 6.45) is -1.39. The Kier molecular flexibility index (Phi) is 8.44. The molecule has 126 valence electrons. The Morgan fingerprint density at radius 3 is 2.45 bits per heavy atom. The summed E-state index contributed by atoms with van der Waals surface area (Å²) in [6, 6.07) is 3.71. The van der Waals surface area contributed by atoms with Gasteiger partial charge in [-0.05, 0) is 12.5 Å². The van der Waals surface area contributed by atoms with Crippen molar-refractivity contribution in [3.8, 4) is 0 Å². The van der Waals surface area contributed by atoms with E-state index in [2.05, 4.69) is 0 Å². The highest BCUT2D eigenvalue weighted by Crippen LogP contribution is 2.22. The fourth-order valence-corrected chi connectivity index (χ4v) is 2.13. The van der Waals surface area contributed by atoms with Gasteiger partial charge < -0.3 is 19.7 Å². The molecule has 0 heterocycles. The molecule has 7 heteroatoms. The van der Waals surface area contributed by atoms with E-state index in [4.69, 9.17) is 14.6 Å². The molecule has 0 fully saturated rings. The van der Waals surface area contributed by atoms with Crippen LogP contribution in [0.4, 0.5) is 8.78 Å². The third-order valence-corrected chi connectivity index (χ3v) is 3.41. The number of aliphatic hydroxyl groups excluding tert-OH is 2. The summed E-state index contributed by atoms with van der Waals surface area (Å²) < 4.78 is 36.9. The molecule has 2 N–H and O–H groups in total. The maximum absolute atomic E-state index is 13.6. The van der Waals surface area contributed by atoms with Crippen molar-refractivity contribution in [3.63, 3.8) is 0 Å². The third-order valence-electron chi connectivity index (χ3n) is 3.41. The van der Waals surface area contributed by atoms with Gasteiger partial charge in [-0.15, -0.1) is 0 Å². The van der Waals surface area contributed by atoms with Crippen molar-refractivity contribution in [3.05, 3.63) is 35.4 Å². The van der Waals surface area contributed by atoms with E-state index in [1.807, 2.05) is 4.90 Å². The number of ether oxygens (including phenoxy) is 2. The van der Waals surface area contributed by atoms with Crippen LogP contribution in [0.1, 0.15) is 18.1 Å². The van der Waals surface area contributed by atoms with E-state index in [0.717, 1.165) is 6.07 Å². The fraction of sp³-hybridized carbons (Fsp3) is 0.600. The van der Waals surface area contributed by atoms with Gasteiger partial charge in [0.15, 0.2) is 17.9 Å². The van der Waals surface area contributed by atoms with Crippen molar-refractivity contribution < 1.29 is 28.5 Å². The van der Waals surface area contributed by atoms with Crippen molar-refractivity contribution in [2.24, 2.45) is 0 Å². The number of aliphatic hydroxyl groups is 2. The van der Waals surface area contributed by atoms with Crippen LogP contribution in [0.2, 0.25) is 0 Å². The van der Waals surface area contributed by atoms with Gasteiger partial charge in [0, 0.05) is 39.4 Å². The minimum atomic E-state index is -1.12. The lowest BCUT2D eigenvalue weighted by atomic mass is 10.1. The second-order valence-corrected chi connectivity index (χ2v) is 4.87. The molecule has 0 aliphatic rings. The first-order valence-corrected chi connectivity index (χ1v) is 7.04. The maximum atomic E-state index is 13.6. The van der Waals surface area contributed by atoms with Crippen LogP contribution in [0.15, 0.2) is 18.2 Å². The summed E-state index contributed by atoms with van der Waals surface area (Å²) in [5, 5.41) is 19.1. The highest BCUT2D eigenvalue weighted by atomic mass is 19.2.